The molecule has 4 rings (SSSR count). The molecule has 142 valence electrons. The molecule has 0 radical (unpaired) electrons. The fraction of sp³-hybridized carbons (Fsp3) is 0.762. The Kier molecular flexibility index (Phi) is 4.66. The lowest BCUT2D eigenvalue weighted by atomic mass is 9.92. The highest BCUT2D eigenvalue weighted by molar-refractivity contribution is 5.84. The molecular weight excluding hydrogens is 324 g/mol. The fourth-order valence-corrected chi connectivity index (χ4v) is 4.54. The first kappa shape index (κ1) is 17.7. The molecule has 0 N–H and O–H groups in total. The molecule has 1 aliphatic carbocycles. The van der Waals surface area contributed by atoms with Gasteiger partial charge < -0.3 is 9.80 Å². The highest BCUT2D eigenvalue weighted by atomic mass is 16.2. The maximum Gasteiger partial charge on any atom is 0.228 e. The van der Waals surface area contributed by atoms with Gasteiger partial charge in [0, 0.05) is 43.0 Å². The summed E-state index contributed by atoms with van der Waals surface area (Å²) in [5.74, 6) is 2.66. The van der Waals surface area contributed by atoms with Gasteiger partial charge in [0.25, 0.3) is 0 Å². The molecule has 1 aromatic heterocycles. The quantitative estimate of drug-likeness (QED) is 0.832. The molecule has 26 heavy (non-hydrogen) atoms. The number of fused-ring (bicyclic) bond motifs is 1. The normalized spacial score (nSPS) is 27.2. The molecule has 0 spiro atoms. The number of likely N-dealkylation sites (tertiary alicyclic amines) is 1. The minimum Gasteiger partial charge on any atom is -0.342 e. The molecule has 3 fully saturated rings. The van der Waals surface area contributed by atoms with E-state index in [1.54, 1.807) is 0 Å². The largest absolute Gasteiger partial charge is 0.342 e. The maximum atomic E-state index is 12.7. The number of hydrogen-bond donors (Lipinski definition) is 0. The predicted octanol–water partition coefficient (Wildman–Crippen LogP) is 3.08. The summed E-state index contributed by atoms with van der Waals surface area (Å²) in [6.45, 7) is 10.4. The van der Waals surface area contributed by atoms with Gasteiger partial charge in [0.1, 0.15) is 0 Å². The Labute approximate surface area is 157 Å². The molecule has 2 atom stereocenters. The van der Waals surface area contributed by atoms with E-state index < -0.39 is 0 Å². The van der Waals surface area contributed by atoms with Crippen LogP contribution in [0.1, 0.15) is 57.8 Å². The second-order valence-electron chi connectivity index (χ2n) is 8.71. The Morgan fingerprint density at radius 2 is 1.62 bits per heavy atom. The van der Waals surface area contributed by atoms with E-state index in [-0.39, 0.29) is 5.41 Å². The average molecular weight is 357 g/mol. The molecule has 1 amide bonds. The maximum absolute atomic E-state index is 12.7. The van der Waals surface area contributed by atoms with Gasteiger partial charge in [-0.15, -0.1) is 0 Å². The van der Waals surface area contributed by atoms with Crippen molar-refractivity contribution in [2.24, 2.45) is 17.3 Å². The number of amides is 1. The van der Waals surface area contributed by atoms with Crippen molar-refractivity contribution >= 4 is 11.9 Å². The smallest absolute Gasteiger partial charge is 0.228 e. The van der Waals surface area contributed by atoms with Gasteiger partial charge in [-0.3, -0.25) is 4.79 Å². The molecule has 1 aromatic rings. The van der Waals surface area contributed by atoms with E-state index in [4.69, 9.17) is 9.97 Å². The molecule has 5 heteroatoms. The third-order valence-corrected chi connectivity index (χ3v) is 6.75. The van der Waals surface area contributed by atoms with Crippen LogP contribution >= 0.6 is 0 Å². The Morgan fingerprint density at radius 1 is 1.08 bits per heavy atom. The Bertz CT molecular complexity index is 646. The van der Waals surface area contributed by atoms with Crippen LogP contribution in [0.25, 0.3) is 0 Å². The molecule has 2 aliphatic heterocycles. The summed E-state index contributed by atoms with van der Waals surface area (Å²) in [6, 6.07) is 2.14. The van der Waals surface area contributed by atoms with Crippen LogP contribution in [0.3, 0.4) is 0 Å². The number of rotatable bonds is 4. The molecule has 3 aliphatic rings. The lowest BCUT2D eigenvalue weighted by molar-refractivity contribution is -0.136. The van der Waals surface area contributed by atoms with E-state index in [1.165, 1.54) is 0 Å². The van der Waals surface area contributed by atoms with Crippen molar-refractivity contribution in [3.05, 3.63) is 17.5 Å². The second-order valence-corrected chi connectivity index (χ2v) is 8.71. The van der Waals surface area contributed by atoms with Gasteiger partial charge in [-0.05, 0) is 56.4 Å². The number of carbonyl (C=O) groups excluding carboxylic acids is 1. The predicted molar refractivity (Wildman–Crippen MR) is 103 cm³/mol. The third-order valence-electron chi connectivity index (χ3n) is 6.75. The minimum absolute atomic E-state index is 0.0313. The standard InChI is InChI=1S/C21H32N4O/c1-4-17-12-18(5-2)23-20(22-17)25-13-15-6-10-24(11-7-16(15)14-25)19(26)21(3)8-9-21/h12,15-16H,4-11,13-14H2,1-3H3/t15-,16+. The number of hydrogen-bond acceptors (Lipinski definition) is 4. The van der Waals surface area contributed by atoms with E-state index in [1.807, 2.05) is 0 Å². The summed E-state index contributed by atoms with van der Waals surface area (Å²) in [5.41, 5.74) is 2.26. The topological polar surface area (TPSA) is 49.3 Å². The van der Waals surface area contributed by atoms with Gasteiger partial charge in [-0.2, -0.15) is 0 Å². The van der Waals surface area contributed by atoms with E-state index in [2.05, 4.69) is 36.6 Å². The van der Waals surface area contributed by atoms with Crippen LogP contribution in [0, 0.1) is 17.3 Å². The zero-order chi connectivity index (χ0) is 18.3. The van der Waals surface area contributed by atoms with Crippen molar-refractivity contribution in [3.8, 4) is 0 Å². The van der Waals surface area contributed by atoms with Crippen LogP contribution in [-0.2, 0) is 17.6 Å². The van der Waals surface area contributed by atoms with Crippen molar-refractivity contribution in [3.63, 3.8) is 0 Å². The molecule has 5 nitrogen and oxygen atoms in total. The van der Waals surface area contributed by atoms with Crippen molar-refractivity contribution in [1.82, 2.24) is 14.9 Å². The van der Waals surface area contributed by atoms with Gasteiger partial charge in [-0.25, -0.2) is 9.97 Å². The third kappa shape index (κ3) is 3.33. The van der Waals surface area contributed by atoms with Crippen molar-refractivity contribution < 1.29 is 4.79 Å². The van der Waals surface area contributed by atoms with E-state index in [0.717, 1.165) is 82.0 Å². The van der Waals surface area contributed by atoms with Crippen molar-refractivity contribution in [2.75, 3.05) is 31.1 Å². The number of nitrogens with zero attached hydrogens (tertiary/aromatic N) is 4. The minimum atomic E-state index is -0.0313. The molecule has 0 aromatic carbocycles. The number of aromatic nitrogens is 2. The van der Waals surface area contributed by atoms with Gasteiger partial charge >= 0.3 is 0 Å². The first-order chi connectivity index (χ1) is 12.5. The van der Waals surface area contributed by atoms with Gasteiger partial charge in [0.2, 0.25) is 11.9 Å². The molecule has 2 saturated heterocycles. The average Bonchev–Trinajstić information content (AvgIpc) is 3.34. The highest BCUT2D eigenvalue weighted by Crippen LogP contribution is 2.47. The van der Waals surface area contributed by atoms with Crippen LogP contribution in [0.5, 0.6) is 0 Å². The second kappa shape index (κ2) is 6.82. The fourth-order valence-electron chi connectivity index (χ4n) is 4.54. The Hall–Kier alpha value is -1.65. The number of aryl methyl sites for hydroxylation is 2. The Morgan fingerprint density at radius 3 is 2.08 bits per heavy atom. The van der Waals surface area contributed by atoms with Gasteiger partial charge in [-0.1, -0.05) is 20.8 Å². The molecular formula is C21H32N4O. The van der Waals surface area contributed by atoms with Crippen LogP contribution in [-0.4, -0.2) is 47.0 Å². The lowest BCUT2D eigenvalue weighted by Crippen LogP contribution is -2.37. The summed E-state index contributed by atoms with van der Waals surface area (Å²) >= 11 is 0. The lowest BCUT2D eigenvalue weighted by Gasteiger charge is -2.25. The summed E-state index contributed by atoms with van der Waals surface area (Å²) in [6.07, 6.45) is 6.31. The van der Waals surface area contributed by atoms with E-state index in [9.17, 15) is 4.79 Å². The zero-order valence-corrected chi connectivity index (χ0v) is 16.5. The summed E-state index contributed by atoms with van der Waals surface area (Å²) in [4.78, 5) is 26.8. The highest BCUT2D eigenvalue weighted by Gasteiger charge is 2.48. The number of carbonyl (C=O) groups is 1. The number of anilines is 1. The molecule has 0 bridgehead atoms. The SMILES string of the molecule is CCc1cc(CC)nc(N2C[C@H]3CCN(C(=O)C4(C)CC4)CC[C@H]3C2)n1. The zero-order valence-electron chi connectivity index (χ0n) is 16.5. The van der Waals surface area contributed by atoms with E-state index >= 15 is 0 Å². The molecule has 1 saturated carbocycles. The summed E-state index contributed by atoms with van der Waals surface area (Å²) in [5, 5.41) is 0. The first-order valence-corrected chi connectivity index (χ1v) is 10.4. The Balaban J connectivity index is 1.43. The first-order valence-electron chi connectivity index (χ1n) is 10.4. The molecule has 0 unspecified atom stereocenters. The van der Waals surface area contributed by atoms with Crippen LogP contribution in [0.15, 0.2) is 6.07 Å². The van der Waals surface area contributed by atoms with Crippen LogP contribution < -0.4 is 4.90 Å². The van der Waals surface area contributed by atoms with Crippen LogP contribution in [0.2, 0.25) is 0 Å². The van der Waals surface area contributed by atoms with E-state index in [0.29, 0.717) is 17.7 Å². The van der Waals surface area contributed by atoms with Gasteiger partial charge in [0.05, 0.1) is 0 Å². The monoisotopic (exact) mass is 356 g/mol. The van der Waals surface area contributed by atoms with Gasteiger partial charge in [0.15, 0.2) is 0 Å². The summed E-state index contributed by atoms with van der Waals surface area (Å²) < 4.78 is 0. The molecule has 3 heterocycles. The van der Waals surface area contributed by atoms with Crippen molar-refractivity contribution in [1.29, 1.82) is 0 Å². The van der Waals surface area contributed by atoms with Crippen molar-refractivity contribution in [2.45, 2.75) is 59.3 Å². The summed E-state index contributed by atoms with van der Waals surface area (Å²) in [7, 11) is 0. The van der Waals surface area contributed by atoms with Crippen LogP contribution in [0.4, 0.5) is 5.95 Å².